The summed E-state index contributed by atoms with van der Waals surface area (Å²) in [6, 6.07) is 2.41. The number of nitrogens with two attached hydrogens (primary N) is 1. The van der Waals surface area contributed by atoms with Crippen LogP contribution in [-0.2, 0) is 13.0 Å². The van der Waals surface area contributed by atoms with Gasteiger partial charge in [0.25, 0.3) is 0 Å². The molecule has 0 aliphatic heterocycles. The maximum atomic E-state index is 6.34. The zero-order valence-electron chi connectivity index (χ0n) is 11.9. The lowest BCUT2D eigenvalue weighted by Crippen LogP contribution is -2.30. The lowest BCUT2D eigenvalue weighted by Gasteiger charge is -2.34. The van der Waals surface area contributed by atoms with E-state index in [2.05, 4.69) is 41.4 Å². The molecular weight excluding hydrogens is 236 g/mol. The zero-order chi connectivity index (χ0) is 13.6. The minimum Gasteiger partial charge on any atom is -0.347 e. The number of aromatic nitrogens is 3. The monoisotopic (exact) mass is 258 g/mol. The number of H-pyrrole nitrogens is 1. The van der Waals surface area contributed by atoms with Crippen molar-refractivity contribution in [2.45, 2.75) is 46.2 Å². The largest absolute Gasteiger partial charge is 0.347 e. The summed E-state index contributed by atoms with van der Waals surface area (Å²) in [5, 5.41) is 0. The van der Waals surface area contributed by atoms with Crippen LogP contribution in [0.25, 0.3) is 0 Å². The molecule has 0 amide bonds. The topological polar surface area (TPSA) is 59.6 Å². The number of aromatic amines is 1. The molecule has 102 valence electrons. The molecule has 1 unspecified atom stereocenters. The van der Waals surface area contributed by atoms with E-state index in [1.165, 1.54) is 17.0 Å². The van der Waals surface area contributed by atoms with Crippen molar-refractivity contribution in [3.05, 3.63) is 41.2 Å². The Morgan fingerprint density at radius 3 is 3.00 bits per heavy atom. The van der Waals surface area contributed by atoms with Crippen molar-refractivity contribution >= 4 is 0 Å². The zero-order valence-corrected chi connectivity index (χ0v) is 11.9. The van der Waals surface area contributed by atoms with Crippen LogP contribution in [0.5, 0.6) is 0 Å². The number of nitrogens with one attached hydrogen (secondary N) is 1. The molecule has 1 atom stereocenters. The van der Waals surface area contributed by atoms with Crippen molar-refractivity contribution < 1.29 is 0 Å². The molecular formula is C15H22N4. The normalized spacial score (nSPS) is 21.4. The summed E-state index contributed by atoms with van der Waals surface area (Å²) in [4.78, 5) is 7.51. The average Bonchev–Trinajstić information content (AvgIpc) is 2.90. The molecule has 0 saturated heterocycles. The molecule has 2 heterocycles. The molecule has 1 aliphatic carbocycles. The first-order valence-electron chi connectivity index (χ1n) is 6.89. The lowest BCUT2D eigenvalue weighted by molar-refractivity contribution is 0.275. The Hall–Kier alpha value is -1.55. The number of hydrogen-bond donors (Lipinski definition) is 2. The van der Waals surface area contributed by atoms with E-state index in [-0.39, 0.29) is 11.5 Å². The Kier molecular flexibility index (Phi) is 2.78. The highest BCUT2D eigenvalue weighted by molar-refractivity contribution is 5.34. The predicted octanol–water partition coefficient (Wildman–Crippen LogP) is 2.54. The maximum Gasteiger partial charge on any atom is 0.126 e. The molecule has 3 rings (SSSR count). The van der Waals surface area contributed by atoms with E-state index in [0.29, 0.717) is 0 Å². The number of fused-ring (bicyclic) bond motifs is 1. The second-order valence-electron chi connectivity index (χ2n) is 6.46. The van der Waals surface area contributed by atoms with Crippen molar-refractivity contribution in [3.63, 3.8) is 0 Å². The van der Waals surface area contributed by atoms with Crippen LogP contribution in [0.2, 0.25) is 0 Å². The Labute approximate surface area is 114 Å². The molecule has 0 fully saturated rings. The third-order valence-electron chi connectivity index (χ3n) is 4.13. The standard InChI is InChI=1S/C15H22N4/c1-10-6-11-12(16)7-15(2,3)8-13(11)19(10)9-14-17-4-5-18-14/h4-6,12H,7-9,16H2,1-3H3,(H,17,18). The Morgan fingerprint density at radius 2 is 2.32 bits per heavy atom. The van der Waals surface area contributed by atoms with Crippen molar-refractivity contribution in [2.75, 3.05) is 0 Å². The number of rotatable bonds is 2. The maximum absolute atomic E-state index is 6.34. The molecule has 3 N–H and O–H groups in total. The highest BCUT2D eigenvalue weighted by Crippen LogP contribution is 2.40. The molecule has 4 nitrogen and oxygen atoms in total. The molecule has 2 aromatic heterocycles. The van der Waals surface area contributed by atoms with Gasteiger partial charge in [0, 0.05) is 29.8 Å². The van der Waals surface area contributed by atoms with Crippen molar-refractivity contribution in [1.29, 1.82) is 0 Å². The minimum atomic E-state index is 0.162. The predicted molar refractivity (Wildman–Crippen MR) is 75.9 cm³/mol. The van der Waals surface area contributed by atoms with Crippen LogP contribution < -0.4 is 5.73 Å². The van der Waals surface area contributed by atoms with Crippen molar-refractivity contribution in [3.8, 4) is 0 Å². The quantitative estimate of drug-likeness (QED) is 0.869. The molecule has 0 aromatic carbocycles. The highest BCUT2D eigenvalue weighted by Gasteiger charge is 2.33. The van der Waals surface area contributed by atoms with Gasteiger partial charge in [0.1, 0.15) is 5.82 Å². The van der Waals surface area contributed by atoms with Crippen LogP contribution in [0.4, 0.5) is 0 Å². The summed E-state index contributed by atoms with van der Waals surface area (Å²) in [7, 11) is 0. The number of aryl methyl sites for hydroxylation is 1. The fourth-order valence-electron chi connectivity index (χ4n) is 3.26. The van der Waals surface area contributed by atoms with Gasteiger partial charge in [-0.05, 0) is 36.8 Å². The number of nitrogens with zero attached hydrogens (tertiary/aromatic N) is 2. The fourth-order valence-corrected chi connectivity index (χ4v) is 3.26. The van der Waals surface area contributed by atoms with Crippen LogP contribution >= 0.6 is 0 Å². The van der Waals surface area contributed by atoms with Gasteiger partial charge in [-0.2, -0.15) is 0 Å². The Balaban J connectivity index is 2.02. The SMILES string of the molecule is Cc1cc2c(n1Cc1ncc[nH]1)CC(C)(C)CC2N. The second-order valence-corrected chi connectivity index (χ2v) is 6.46. The first-order valence-corrected chi connectivity index (χ1v) is 6.89. The van der Waals surface area contributed by atoms with Gasteiger partial charge in [-0.3, -0.25) is 0 Å². The second kappa shape index (κ2) is 4.23. The molecule has 0 spiro atoms. The summed E-state index contributed by atoms with van der Waals surface area (Å²) in [6.07, 6.45) is 5.82. The first-order chi connectivity index (χ1) is 8.96. The van der Waals surface area contributed by atoms with E-state index in [1.807, 2.05) is 6.20 Å². The van der Waals surface area contributed by atoms with E-state index in [9.17, 15) is 0 Å². The summed E-state index contributed by atoms with van der Waals surface area (Å²) < 4.78 is 2.36. The van der Waals surface area contributed by atoms with Gasteiger partial charge in [-0.1, -0.05) is 13.8 Å². The van der Waals surface area contributed by atoms with Gasteiger partial charge >= 0.3 is 0 Å². The molecule has 1 aliphatic rings. The third-order valence-corrected chi connectivity index (χ3v) is 4.13. The minimum absolute atomic E-state index is 0.162. The van der Waals surface area contributed by atoms with Gasteiger partial charge in [0.05, 0.1) is 6.54 Å². The van der Waals surface area contributed by atoms with Crippen LogP contribution in [0.1, 0.15) is 49.1 Å². The van der Waals surface area contributed by atoms with E-state index >= 15 is 0 Å². The van der Waals surface area contributed by atoms with Crippen LogP contribution in [0, 0.1) is 12.3 Å². The molecule has 4 heteroatoms. The van der Waals surface area contributed by atoms with E-state index < -0.39 is 0 Å². The Bertz CT molecular complexity index is 578. The van der Waals surface area contributed by atoms with Gasteiger partial charge in [-0.15, -0.1) is 0 Å². The van der Waals surface area contributed by atoms with Gasteiger partial charge in [-0.25, -0.2) is 4.98 Å². The Morgan fingerprint density at radius 1 is 1.53 bits per heavy atom. The van der Waals surface area contributed by atoms with Crippen LogP contribution in [0.15, 0.2) is 18.5 Å². The van der Waals surface area contributed by atoms with Gasteiger partial charge in [0.2, 0.25) is 0 Å². The number of hydrogen-bond acceptors (Lipinski definition) is 2. The lowest BCUT2D eigenvalue weighted by atomic mass is 9.74. The van der Waals surface area contributed by atoms with Crippen LogP contribution in [-0.4, -0.2) is 14.5 Å². The fraction of sp³-hybridized carbons (Fsp3) is 0.533. The van der Waals surface area contributed by atoms with Gasteiger partial charge in [0.15, 0.2) is 0 Å². The van der Waals surface area contributed by atoms with E-state index in [1.54, 1.807) is 6.20 Å². The van der Waals surface area contributed by atoms with Crippen molar-refractivity contribution in [1.82, 2.24) is 14.5 Å². The molecule has 2 aromatic rings. The smallest absolute Gasteiger partial charge is 0.126 e. The number of imidazole rings is 1. The van der Waals surface area contributed by atoms with Crippen molar-refractivity contribution in [2.24, 2.45) is 11.1 Å². The molecule has 0 radical (unpaired) electrons. The van der Waals surface area contributed by atoms with E-state index in [0.717, 1.165) is 25.2 Å². The third kappa shape index (κ3) is 2.21. The summed E-state index contributed by atoms with van der Waals surface area (Å²) in [6.45, 7) is 7.56. The average molecular weight is 258 g/mol. The highest BCUT2D eigenvalue weighted by atomic mass is 15.0. The summed E-state index contributed by atoms with van der Waals surface area (Å²) in [5.74, 6) is 0.999. The van der Waals surface area contributed by atoms with Gasteiger partial charge < -0.3 is 15.3 Å². The van der Waals surface area contributed by atoms with E-state index in [4.69, 9.17) is 5.73 Å². The molecule has 19 heavy (non-hydrogen) atoms. The first kappa shape index (κ1) is 12.5. The molecule has 0 saturated carbocycles. The molecule has 0 bridgehead atoms. The summed E-state index contributed by atoms with van der Waals surface area (Å²) in [5.41, 5.74) is 10.6. The summed E-state index contributed by atoms with van der Waals surface area (Å²) >= 11 is 0. The van der Waals surface area contributed by atoms with Crippen LogP contribution in [0.3, 0.4) is 0 Å².